The van der Waals surface area contributed by atoms with Crippen LogP contribution in [0.4, 0.5) is 0 Å². The molecule has 1 aliphatic rings. The maximum absolute atomic E-state index is 6.14. The highest BCUT2D eigenvalue weighted by atomic mass is 35.5. The molecule has 0 aliphatic carbocycles. The first-order valence-electron chi connectivity index (χ1n) is 4.82. The Morgan fingerprint density at radius 2 is 2.24 bits per heavy atom. The molecule has 0 spiro atoms. The predicted molar refractivity (Wildman–Crippen MR) is 78.3 cm³/mol. The number of halogens is 2. The standard InChI is InChI=1S/C10H9Cl2N3S2/c11-5-3-6-8(14-15-10(13)16)1-2-17-9(6)7(12)4-5/h3-4H,1-2H2,(H3,13,15,16). The van der Waals surface area contributed by atoms with Gasteiger partial charge in [-0.05, 0) is 24.4 Å². The molecule has 1 heterocycles. The quantitative estimate of drug-likeness (QED) is 0.618. The van der Waals surface area contributed by atoms with E-state index in [4.69, 9.17) is 41.2 Å². The van der Waals surface area contributed by atoms with Crippen LogP contribution in [0.25, 0.3) is 0 Å². The monoisotopic (exact) mass is 305 g/mol. The van der Waals surface area contributed by atoms with Crippen molar-refractivity contribution in [1.29, 1.82) is 0 Å². The Labute approximate surface area is 119 Å². The second-order valence-electron chi connectivity index (χ2n) is 3.40. The lowest BCUT2D eigenvalue weighted by molar-refractivity contribution is 1.01. The van der Waals surface area contributed by atoms with Crippen LogP contribution >= 0.6 is 47.2 Å². The zero-order valence-electron chi connectivity index (χ0n) is 8.67. The van der Waals surface area contributed by atoms with E-state index in [0.29, 0.717) is 10.0 Å². The van der Waals surface area contributed by atoms with Crippen LogP contribution in [0.2, 0.25) is 10.0 Å². The molecular weight excluding hydrogens is 297 g/mol. The third-order valence-electron chi connectivity index (χ3n) is 2.21. The van der Waals surface area contributed by atoms with Crippen molar-refractivity contribution >= 4 is 58.0 Å². The second kappa shape index (κ2) is 5.44. The van der Waals surface area contributed by atoms with Gasteiger partial charge in [-0.15, -0.1) is 11.8 Å². The SMILES string of the molecule is NC(=S)NN=C1CCSc2c(Cl)cc(Cl)cc21. The number of nitrogens with two attached hydrogens (primary N) is 1. The highest BCUT2D eigenvalue weighted by Crippen LogP contribution is 2.38. The van der Waals surface area contributed by atoms with Crippen molar-refractivity contribution in [2.75, 3.05) is 5.75 Å². The van der Waals surface area contributed by atoms with Gasteiger partial charge in [0.05, 0.1) is 10.7 Å². The third kappa shape index (κ3) is 3.04. The van der Waals surface area contributed by atoms with Crippen LogP contribution in [0.15, 0.2) is 22.1 Å². The fourth-order valence-electron chi connectivity index (χ4n) is 1.54. The van der Waals surface area contributed by atoms with Crippen molar-refractivity contribution in [2.45, 2.75) is 11.3 Å². The van der Waals surface area contributed by atoms with Gasteiger partial charge in [-0.1, -0.05) is 23.2 Å². The van der Waals surface area contributed by atoms with Crippen LogP contribution in [0.3, 0.4) is 0 Å². The van der Waals surface area contributed by atoms with E-state index in [1.54, 1.807) is 17.8 Å². The summed E-state index contributed by atoms with van der Waals surface area (Å²) in [5, 5.41) is 5.57. The summed E-state index contributed by atoms with van der Waals surface area (Å²) >= 11 is 18.5. The lowest BCUT2D eigenvalue weighted by atomic mass is 10.1. The van der Waals surface area contributed by atoms with E-state index < -0.39 is 0 Å². The van der Waals surface area contributed by atoms with E-state index in [1.807, 2.05) is 6.07 Å². The predicted octanol–water partition coefficient (Wildman–Crippen LogP) is 3.03. The fraction of sp³-hybridized carbons (Fsp3) is 0.200. The number of nitrogens with one attached hydrogen (secondary N) is 1. The first-order valence-corrected chi connectivity index (χ1v) is 6.97. The van der Waals surface area contributed by atoms with Crippen LogP contribution in [0.1, 0.15) is 12.0 Å². The van der Waals surface area contributed by atoms with Gasteiger partial charge in [-0.25, -0.2) is 0 Å². The molecule has 1 aliphatic heterocycles. The first-order chi connectivity index (χ1) is 8.08. The summed E-state index contributed by atoms with van der Waals surface area (Å²) in [6, 6.07) is 3.59. The highest BCUT2D eigenvalue weighted by molar-refractivity contribution is 7.99. The van der Waals surface area contributed by atoms with Gasteiger partial charge in [-0.3, -0.25) is 5.43 Å². The molecule has 0 aromatic heterocycles. The van der Waals surface area contributed by atoms with E-state index in [-0.39, 0.29) is 5.11 Å². The number of hydrazone groups is 1. The molecule has 90 valence electrons. The zero-order chi connectivity index (χ0) is 12.4. The molecule has 17 heavy (non-hydrogen) atoms. The van der Waals surface area contributed by atoms with Crippen molar-refractivity contribution in [3.05, 3.63) is 27.7 Å². The summed E-state index contributed by atoms with van der Waals surface area (Å²) < 4.78 is 0. The van der Waals surface area contributed by atoms with E-state index in [0.717, 1.165) is 28.3 Å². The van der Waals surface area contributed by atoms with Gasteiger partial charge in [0.25, 0.3) is 0 Å². The van der Waals surface area contributed by atoms with E-state index >= 15 is 0 Å². The molecular formula is C10H9Cl2N3S2. The molecule has 0 saturated carbocycles. The van der Waals surface area contributed by atoms with Crippen LogP contribution in [-0.2, 0) is 0 Å². The number of thioether (sulfide) groups is 1. The molecule has 0 atom stereocenters. The maximum atomic E-state index is 6.14. The summed E-state index contributed by atoms with van der Waals surface area (Å²) in [5.74, 6) is 0.923. The minimum atomic E-state index is 0.144. The van der Waals surface area contributed by atoms with Gasteiger partial charge in [0.15, 0.2) is 5.11 Å². The van der Waals surface area contributed by atoms with Gasteiger partial charge >= 0.3 is 0 Å². The first kappa shape index (κ1) is 13.0. The Morgan fingerprint density at radius 1 is 1.47 bits per heavy atom. The van der Waals surface area contributed by atoms with Gasteiger partial charge in [0.1, 0.15) is 0 Å². The third-order valence-corrected chi connectivity index (χ3v) is 4.06. The molecule has 0 unspecified atom stereocenters. The van der Waals surface area contributed by atoms with Crippen LogP contribution in [0, 0.1) is 0 Å². The Hall–Kier alpha value is -0.490. The molecule has 2 rings (SSSR count). The number of thiocarbonyl (C=S) groups is 1. The minimum Gasteiger partial charge on any atom is -0.375 e. The lowest BCUT2D eigenvalue weighted by Crippen LogP contribution is -2.26. The number of nitrogens with zero attached hydrogens (tertiary/aromatic N) is 1. The van der Waals surface area contributed by atoms with Crippen molar-refractivity contribution in [1.82, 2.24) is 5.43 Å². The summed E-state index contributed by atoms with van der Waals surface area (Å²) in [4.78, 5) is 1.01. The molecule has 0 bridgehead atoms. The summed E-state index contributed by atoms with van der Waals surface area (Å²) in [6.45, 7) is 0. The maximum Gasteiger partial charge on any atom is 0.184 e. The largest absolute Gasteiger partial charge is 0.375 e. The molecule has 0 saturated heterocycles. The molecule has 7 heteroatoms. The lowest BCUT2D eigenvalue weighted by Gasteiger charge is -2.18. The molecule has 0 amide bonds. The summed E-state index contributed by atoms with van der Waals surface area (Å²) in [6.07, 6.45) is 0.823. The average Bonchev–Trinajstić information content (AvgIpc) is 2.26. The number of fused-ring (bicyclic) bond motifs is 1. The molecule has 1 aromatic rings. The van der Waals surface area contributed by atoms with Gasteiger partial charge in [0, 0.05) is 27.7 Å². The fourth-order valence-corrected chi connectivity index (χ4v) is 3.28. The molecule has 1 aromatic carbocycles. The Balaban J connectivity index is 2.43. The van der Waals surface area contributed by atoms with Gasteiger partial charge in [0.2, 0.25) is 0 Å². The Kier molecular flexibility index (Phi) is 4.14. The minimum absolute atomic E-state index is 0.144. The van der Waals surface area contributed by atoms with Crippen molar-refractivity contribution in [3.63, 3.8) is 0 Å². The van der Waals surface area contributed by atoms with E-state index in [9.17, 15) is 0 Å². The van der Waals surface area contributed by atoms with Crippen LogP contribution < -0.4 is 11.2 Å². The van der Waals surface area contributed by atoms with Crippen LogP contribution in [0.5, 0.6) is 0 Å². The average molecular weight is 306 g/mol. The number of hydrogen-bond donors (Lipinski definition) is 2. The number of hydrogen-bond acceptors (Lipinski definition) is 3. The molecule has 0 fully saturated rings. The van der Waals surface area contributed by atoms with E-state index in [1.165, 1.54) is 0 Å². The zero-order valence-corrected chi connectivity index (χ0v) is 11.8. The van der Waals surface area contributed by atoms with Crippen LogP contribution in [-0.4, -0.2) is 16.6 Å². The van der Waals surface area contributed by atoms with E-state index in [2.05, 4.69) is 10.5 Å². The van der Waals surface area contributed by atoms with Gasteiger partial charge in [-0.2, -0.15) is 5.10 Å². The smallest absolute Gasteiger partial charge is 0.184 e. The Morgan fingerprint density at radius 3 is 2.94 bits per heavy atom. The summed E-state index contributed by atoms with van der Waals surface area (Å²) in [5.41, 5.74) is 9.76. The number of benzene rings is 1. The van der Waals surface area contributed by atoms with Crippen molar-refractivity contribution in [3.8, 4) is 0 Å². The Bertz CT molecular complexity index is 503. The highest BCUT2D eigenvalue weighted by Gasteiger charge is 2.19. The molecule has 0 radical (unpaired) electrons. The number of rotatable bonds is 1. The summed E-state index contributed by atoms with van der Waals surface area (Å²) in [7, 11) is 0. The molecule has 3 nitrogen and oxygen atoms in total. The second-order valence-corrected chi connectivity index (χ2v) is 5.79. The van der Waals surface area contributed by atoms with Crippen molar-refractivity contribution < 1.29 is 0 Å². The topological polar surface area (TPSA) is 50.4 Å². The van der Waals surface area contributed by atoms with Crippen molar-refractivity contribution in [2.24, 2.45) is 10.8 Å². The molecule has 3 N–H and O–H groups in total. The normalized spacial score (nSPS) is 16.7. The van der Waals surface area contributed by atoms with Gasteiger partial charge < -0.3 is 5.73 Å².